The first kappa shape index (κ1) is 15.0. The number of carbonyl (C=O) groups excluding carboxylic acids is 1. The molecule has 0 aliphatic rings. The lowest BCUT2D eigenvalue weighted by Gasteiger charge is -2.07. The van der Waals surface area contributed by atoms with E-state index < -0.39 is 0 Å². The lowest BCUT2D eigenvalue weighted by molar-refractivity contribution is -0.116. The van der Waals surface area contributed by atoms with Crippen molar-refractivity contribution in [3.05, 3.63) is 23.8 Å². The van der Waals surface area contributed by atoms with E-state index in [1.54, 1.807) is 18.2 Å². The van der Waals surface area contributed by atoms with Crippen molar-refractivity contribution in [2.24, 2.45) is 0 Å². The number of nitrogens with zero attached hydrogens (tertiary/aromatic N) is 1. The fourth-order valence-corrected chi connectivity index (χ4v) is 1.87. The Balaban J connectivity index is 2.42. The largest absolute Gasteiger partial charge is 0.399 e. The third-order valence-electron chi connectivity index (χ3n) is 2.95. The van der Waals surface area contributed by atoms with Crippen LogP contribution in [0.4, 0.5) is 11.4 Å². The minimum absolute atomic E-state index is 0.0437. The van der Waals surface area contributed by atoms with Crippen LogP contribution in [-0.2, 0) is 4.79 Å². The number of unbranched alkanes of at least 4 members (excludes halogenated alkanes) is 4. The van der Waals surface area contributed by atoms with Gasteiger partial charge in [0.2, 0.25) is 5.91 Å². The Morgan fingerprint density at radius 1 is 1.32 bits per heavy atom. The van der Waals surface area contributed by atoms with Crippen LogP contribution in [0.25, 0.3) is 0 Å². The summed E-state index contributed by atoms with van der Waals surface area (Å²) in [5, 5.41) is 11.7. The van der Waals surface area contributed by atoms with Gasteiger partial charge in [0.1, 0.15) is 6.07 Å². The maximum absolute atomic E-state index is 11.7. The second-order valence-electron chi connectivity index (χ2n) is 4.63. The number of nitriles is 1. The molecule has 4 nitrogen and oxygen atoms in total. The monoisotopic (exact) mass is 259 g/mol. The predicted octanol–water partition coefficient (Wildman–Crippen LogP) is 3.44. The smallest absolute Gasteiger partial charge is 0.224 e. The van der Waals surface area contributed by atoms with Gasteiger partial charge in [-0.3, -0.25) is 4.79 Å². The van der Waals surface area contributed by atoms with Crippen molar-refractivity contribution in [2.75, 3.05) is 11.1 Å². The summed E-state index contributed by atoms with van der Waals surface area (Å²) in [7, 11) is 0. The lowest BCUT2D eigenvalue weighted by atomic mass is 10.1. The van der Waals surface area contributed by atoms with Gasteiger partial charge in [-0.2, -0.15) is 5.26 Å². The molecule has 0 aliphatic heterocycles. The number of amides is 1. The van der Waals surface area contributed by atoms with E-state index in [0.29, 0.717) is 23.4 Å². The Kier molecular flexibility index (Phi) is 6.45. The highest BCUT2D eigenvalue weighted by atomic mass is 16.1. The number of anilines is 2. The normalized spacial score (nSPS) is 9.89. The van der Waals surface area contributed by atoms with Gasteiger partial charge < -0.3 is 11.1 Å². The van der Waals surface area contributed by atoms with Crippen molar-refractivity contribution in [3.63, 3.8) is 0 Å². The molecule has 0 unspecified atom stereocenters. The number of benzene rings is 1. The molecule has 1 aromatic rings. The summed E-state index contributed by atoms with van der Waals surface area (Å²) < 4.78 is 0. The van der Waals surface area contributed by atoms with Gasteiger partial charge in [0.05, 0.1) is 11.3 Å². The van der Waals surface area contributed by atoms with E-state index >= 15 is 0 Å². The highest BCUT2D eigenvalue weighted by molar-refractivity contribution is 5.92. The van der Waals surface area contributed by atoms with Crippen LogP contribution in [0, 0.1) is 11.3 Å². The van der Waals surface area contributed by atoms with Gasteiger partial charge in [0, 0.05) is 12.1 Å². The molecule has 0 spiro atoms. The zero-order chi connectivity index (χ0) is 14.1. The number of carbonyl (C=O) groups is 1. The van der Waals surface area contributed by atoms with Crippen molar-refractivity contribution in [1.29, 1.82) is 5.26 Å². The van der Waals surface area contributed by atoms with E-state index in [2.05, 4.69) is 12.2 Å². The molecule has 1 rings (SSSR count). The number of hydrogen-bond acceptors (Lipinski definition) is 3. The number of nitrogen functional groups attached to an aromatic ring is 1. The van der Waals surface area contributed by atoms with Gasteiger partial charge in [0.15, 0.2) is 0 Å². The topological polar surface area (TPSA) is 78.9 Å². The molecule has 0 aromatic heterocycles. The molecule has 4 heteroatoms. The third-order valence-corrected chi connectivity index (χ3v) is 2.95. The Morgan fingerprint density at radius 2 is 2.05 bits per heavy atom. The SMILES string of the molecule is CCCCCCCC(=O)Nc1ccc(N)cc1C#N. The van der Waals surface area contributed by atoms with E-state index in [1.807, 2.05) is 6.07 Å². The van der Waals surface area contributed by atoms with Crippen molar-refractivity contribution in [1.82, 2.24) is 0 Å². The molecule has 102 valence electrons. The number of nitrogens with one attached hydrogen (secondary N) is 1. The molecule has 0 saturated heterocycles. The molecule has 0 fully saturated rings. The summed E-state index contributed by atoms with van der Waals surface area (Å²) in [6.45, 7) is 2.16. The molecule has 0 radical (unpaired) electrons. The fraction of sp³-hybridized carbons (Fsp3) is 0.467. The van der Waals surface area contributed by atoms with E-state index in [4.69, 9.17) is 11.0 Å². The van der Waals surface area contributed by atoms with Gasteiger partial charge in [-0.1, -0.05) is 32.6 Å². The number of nitrogens with two attached hydrogens (primary N) is 1. The van der Waals surface area contributed by atoms with Crippen LogP contribution in [-0.4, -0.2) is 5.91 Å². The minimum Gasteiger partial charge on any atom is -0.399 e. The quantitative estimate of drug-likeness (QED) is 0.581. The molecule has 0 aliphatic carbocycles. The Hall–Kier alpha value is -2.02. The van der Waals surface area contributed by atoms with Crippen molar-refractivity contribution < 1.29 is 4.79 Å². The van der Waals surface area contributed by atoms with Crippen molar-refractivity contribution in [2.45, 2.75) is 45.4 Å². The summed E-state index contributed by atoms with van der Waals surface area (Å²) in [5.41, 5.74) is 7.06. The van der Waals surface area contributed by atoms with Crippen molar-refractivity contribution >= 4 is 17.3 Å². The number of hydrogen-bond donors (Lipinski definition) is 2. The second kappa shape index (κ2) is 8.15. The molecule has 1 aromatic carbocycles. The fourth-order valence-electron chi connectivity index (χ4n) is 1.87. The maximum atomic E-state index is 11.7. The molecule has 1 amide bonds. The second-order valence-corrected chi connectivity index (χ2v) is 4.63. The molecule has 0 heterocycles. The zero-order valence-corrected chi connectivity index (χ0v) is 11.4. The average Bonchev–Trinajstić information content (AvgIpc) is 2.40. The molecular formula is C15H21N3O. The lowest BCUT2D eigenvalue weighted by Crippen LogP contribution is -2.12. The summed E-state index contributed by atoms with van der Waals surface area (Å²) >= 11 is 0. The zero-order valence-electron chi connectivity index (χ0n) is 11.4. The summed E-state index contributed by atoms with van der Waals surface area (Å²) in [5.74, 6) is -0.0437. The van der Waals surface area contributed by atoms with Gasteiger partial charge in [-0.25, -0.2) is 0 Å². The van der Waals surface area contributed by atoms with Crippen molar-refractivity contribution in [3.8, 4) is 6.07 Å². The van der Waals surface area contributed by atoms with Crippen LogP contribution in [0.15, 0.2) is 18.2 Å². The van der Waals surface area contributed by atoms with E-state index in [-0.39, 0.29) is 5.91 Å². The Morgan fingerprint density at radius 3 is 2.74 bits per heavy atom. The van der Waals surface area contributed by atoms with Gasteiger partial charge in [-0.15, -0.1) is 0 Å². The minimum atomic E-state index is -0.0437. The Bertz CT molecular complexity index is 463. The van der Waals surface area contributed by atoms with Gasteiger partial charge >= 0.3 is 0 Å². The first-order valence-corrected chi connectivity index (χ1v) is 6.77. The highest BCUT2D eigenvalue weighted by Crippen LogP contribution is 2.18. The molecule has 0 atom stereocenters. The van der Waals surface area contributed by atoms with E-state index in [9.17, 15) is 4.79 Å². The van der Waals surface area contributed by atoms with Crippen LogP contribution in [0.2, 0.25) is 0 Å². The third kappa shape index (κ3) is 5.43. The molecule has 0 bridgehead atoms. The summed E-state index contributed by atoms with van der Waals surface area (Å²) in [4.78, 5) is 11.7. The van der Waals surface area contributed by atoms with Crippen LogP contribution < -0.4 is 11.1 Å². The first-order chi connectivity index (χ1) is 9.17. The summed E-state index contributed by atoms with van der Waals surface area (Å²) in [6, 6.07) is 6.95. The molecular weight excluding hydrogens is 238 g/mol. The standard InChI is InChI=1S/C15H21N3O/c1-2-3-4-5-6-7-15(19)18-14-9-8-13(17)10-12(14)11-16/h8-10H,2-7,17H2,1H3,(H,18,19). The van der Waals surface area contributed by atoms with Crippen LogP contribution in [0.1, 0.15) is 51.0 Å². The highest BCUT2D eigenvalue weighted by Gasteiger charge is 2.06. The van der Waals surface area contributed by atoms with Gasteiger partial charge in [-0.05, 0) is 24.6 Å². The number of rotatable bonds is 7. The maximum Gasteiger partial charge on any atom is 0.224 e. The van der Waals surface area contributed by atoms with Gasteiger partial charge in [0.25, 0.3) is 0 Å². The molecule has 3 N–H and O–H groups in total. The first-order valence-electron chi connectivity index (χ1n) is 6.77. The van der Waals surface area contributed by atoms with E-state index in [1.165, 1.54) is 19.3 Å². The average molecular weight is 259 g/mol. The van der Waals surface area contributed by atoms with Crippen LogP contribution in [0.3, 0.4) is 0 Å². The van der Waals surface area contributed by atoms with E-state index in [0.717, 1.165) is 12.8 Å². The van der Waals surface area contributed by atoms with Crippen LogP contribution in [0.5, 0.6) is 0 Å². The predicted molar refractivity (Wildman–Crippen MR) is 77.6 cm³/mol. The molecule has 0 saturated carbocycles. The van der Waals surface area contributed by atoms with Crippen LogP contribution >= 0.6 is 0 Å². The summed E-state index contributed by atoms with van der Waals surface area (Å²) in [6.07, 6.45) is 6.06. The molecule has 19 heavy (non-hydrogen) atoms. The Labute approximate surface area is 114 Å².